The number of carbonyl (C=O) groups excluding carboxylic acids is 1. The van der Waals surface area contributed by atoms with Crippen molar-refractivity contribution in [3.05, 3.63) is 58.3 Å². The second-order valence-electron chi connectivity index (χ2n) is 7.00. The first-order valence-electron chi connectivity index (χ1n) is 9.27. The van der Waals surface area contributed by atoms with E-state index in [9.17, 15) is 22.7 Å². The highest BCUT2D eigenvalue weighted by atomic mass is 79.9. The van der Waals surface area contributed by atoms with Crippen molar-refractivity contribution in [3.8, 4) is 0 Å². The van der Waals surface area contributed by atoms with Gasteiger partial charge in [-0.3, -0.25) is 4.79 Å². The SMILES string of the molecule is CCC1CN(S(=O)(=O)c2cccc(C(=O)Nc3ccc(F)c(Br)c3)c2)CCC1O. The van der Waals surface area contributed by atoms with Gasteiger partial charge in [-0.05, 0) is 71.1 Å². The predicted octanol–water partition coefficient (Wildman–Crippen LogP) is 3.62. The molecule has 0 spiro atoms. The molecule has 1 heterocycles. The highest BCUT2D eigenvalue weighted by Gasteiger charge is 2.34. The summed E-state index contributed by atoms with van der Waals surface area (Å²) in [5, 5.41) is 12.6. The Kier molecular flexibility index (Phi) is 6.72. The number of piperidine rings is 1. The zero-order valence-electron chi connectivity index (χ0n) is 15.8. The van der Waals surface area contributed by atoms with E-state index in [2.05, 4.69) is 21.2 Å². The summed E-state index contributed by atoms with van der Waals surface area (Å²) < 4.78 is 41.0. The Balaban J connectivity index is 1.81. The average molecular weight is 485 g/mol. The zero-order valence-corrected chi connectivity index (χ0v) is 18.2. The van der Waals surface area contributed by atoms with Crippen LogP contribution in [0.2, 0.25) is 0 Å². The van der Waals surface area contributed by atoms with Crippen molar-refractivity contribution in [2.24, 2.45) is 5.92 Å². The van der Waals surface area contributed by atoms with Crippen LogP contribution in [0, 0.1) is 11.7 Å². The third-order valence-corrected chi connectivity index (χ3v) is 7.56. The lowest BCUT2D eigenvalue weighted by Crippen LogP contribution is -2.45. The Morgan fingerprint density at radius 3 is 2.76 bits per heavy atom. The minimum Gasteiger partial charge on any atom is -0.393 e. The quantitative estimate of drug-likeness (QED) is 0.678. The van der Waals surface area contributed by atoms with Crippen LogP contribution < -0.4 is 5.32 Å². The first kappa shape index (κ1) is 21.9. The number of amides is 1. The molecule has 2 atom stereocenters. The Bertz CT molecular complexity index is 1020. The van der Waals surface area contributed by atoms with Crippen LogP contribution in [0.3, 0.4) is 0 Å². The number of anilines is 1. The van der Waals surface area contributed by atoms with Gasteiger partial charge < -0.3 is 10.4 Å². The molecular weight excluding hydrogens is 463 g/mol. The average Bonchev–Trinajstić information content (AvgIpc) is 2.71. The van der Waals surface area contributed by atoms with E-state index in [1.165, 1.54) is 46.8 Å². The van der Waals surface area contributed by atoms with Crippen LogP contribution in [0.15, 0.2) is 51.8 Å². The molecule has 3 rings (SSSR count). The van der Waals surface area contributed by atoms with Crippen molar-refractivity contribution < 1.29 is 22.7 Å². The van der Waals surface area contributed by atoms with E-state index >= 15 is 0 Å². The highest BCUT2D eigenvalue weighted by molar-refractivity contribution is 9.10. The molecule has 2 unspecified atom stereocenters. The Labute approximate surface area is 177 Å². The molecule has 2 aromatic rings. The molecule has 156 valence electrons. The lowest BCUT2D eigenvalue weighted by atomic mass is 9.94. The minimum atomic E-state index is -3.78. The molecule has 0 aliphatic carbocycles. The number of nitrogens with zero attached hydrogens (tertiary/aromatic N) is 1. The van der Waals surface area contributed by atoms with Crippen LogP contribution in [0.25, 0.3) is 0 Å². The molecule has 1 amide bonds. The molecule has 2 aromatic carbocycles. The first-order valence-corrected chi connectivity index (χ1v) is 11.5. The molecular formula is C20H22BrFN2O4S. The van der Waals surface area contributed by atoms with Gasteiger partial charge in [0.25, 0.3) is 5.91 Å². The normalized spacial score (nSPS) is 20.4. The molecule has 1 fully saturated rings. The number of nitrogens with one attached hydrogen (secondary N) is 1. The van der Waals surface area contributed by atoms with Gasteiger partial charge in [-0.2, -0.15) is 4.31 Å². The molecule has 0 bridgehead atoms. The fourth-order valence-electron chi connectivity index (χ4n) is 3.33. The Morgan fingerprint density at radius 1 is 1.31 bits per heavy atom. The Morgan fingerprint density at radius 2 is 2.07 bits per heavy atom. The summed E-state index contributed by atoms with van der Waals surface area (Å²) in [6.07, 6.45) is 0.568. The van der Waals surface area contributed by atoms with Gasteiger partial charge in [0.2, 0.25) is 10.0 Å². The van der Waals surface area contributed by atoms with Gasteiger partial charge in [0, 0.05) is 24.3 Å². The van der Waals surface area contributed by atoms with Gasteiger partial charge >= 0.3 is 0 Å². The number of carbonyl (C=O) groups is 1. The second kappa shape index (κ2) is 8.91. The number of aliphatic hydroxyl groups excluding tert-OH is 1. The second-order valence-corrected chi connectivity index (χ2v) is 9.79. The molecule has 1 aliphatic heterocycles. The first-order chi connectivity index (χ1) is 13.7. The van der Waals surface area contributed by atoms with Crippen molar-refractivity contribution in [2.45, 2.75) is 30.8 Å². The monoisotopic (exact) mass is 484 g/mol. The number of hydrogen-bond donors (Lipinski definition) is 2. The van der Waals surface area contributed by atoms with Crippen molar-refractivity contribution >= 4 is 37.5 Å². The lowest BCUT2D eigenvalue weighted by Gasteiger charge is -2.34. The molecule has 9 heteroatoms. The highest BCUT2D eigenvalue weighted by Crippen LogP contribution is 2.26. The van der Waals surface area contributed by atoms with E-state index in [0.717, 1.165) is 0 Å². The summed E-state index contributed by atoms with van der Waals surface area (Å²) in [6.45, 7) is 2.41. The Hall–Kier alpha value is -1.81. The summed E-state index contributed by atoms with van der Waals surface area (Å²) in [6, 6.07) is 9.87. The van der Waals surface area contributed by atoms with Gasteiger partial charge in [-0.25, -0.2) is 12.8 Å². The lowest BCUT2D eigenvalue weighted by molar-refractivity contribution is 0.0521. The maximum Gasteiger partial charge on any atom is 0.255 e. The molecule has 1 saturated heterocycles. The largest absolute Gasteiger partial charge is 0.393 e. The van der Waals surface area contributed by atoms with Crippen LogP contribution >= 0.6 is 15.9 Å². The summed E-state index contributed by atoms with van der Waals surface area (Å²) in [4.78, 5) is 12.6. The smallest absolute Gasteiger partial charge is 0.255 e. The van der Waals surface area contributed by atoms with Crippen molar-refractivity contribution in [2.75, 3.05) is 18.4 Å². The van der Waals surface area contributed by atoms with Crippen LogP contribution in [0.5, 0.6) is 0 Å². The van der Waals surface area contributed by atoms with Gasteiger partial charge in [-0.15, -0.1) is 0 Å². The van der Waals surface area contributed by atoms with Crippen LogP contribution in [0.4, 0.5) is 10.1 Å². The molecule has 0 saturated carbocycles. The van der Waals surface area contributed by atoms with Crippen molar-refractivity contribution in [3.63, 3.8) is 0 Å². The summed E-state index contributed by atoms with van der Waals surface area (Å²) in [5.74, 6) is -1.06. The summed E-state index contributed by atoms with van der Waals surface area (Å²) in [7, 11) is -3.78. The molecule has 1 aliphatic rings. The van der Waals surface area contributed by atoms with Crippen LogP contribution in [-0.4, -0.2) is 42.9 Å². The van der Waals surface area contributed by atoms with Crippen LogP contribution in [0.1, 0.15) is 30.1 Å². The summed E-state index contributed by atoms with van der Waals surface area (Å²) in [5.41, 5.74) is 0.558. The number of aliphatic hydroxyl groups is 1. The van der Waals surface area contributed by atoms with Gasteiger partial charge in [0.15, 0.2) is 0 Å². The molecule has 0 aromatic heterocycles. The third kappa shape index (κ3) is 4.85. The molecule has 29 heavy (non-hydrogen) atoms. The molecule has 6 nitrogen and oxygen atoms in total. The van der Waals surface area contributed by atoms with Crippen molar-refractivity contribution in [1.29, 1.82) is 0 Å². The number of sulfonamides is 1. The third-order valence-electron chi connectivity index (χ3n) is 5.09. The topological polar surface area (TPSA) is 86.7 Å². The fraction of sp³-hybridized carbons (Fsp3) is 0.350. The number of hydrogen-bond acceptors (Lipinski definition) is 4. The molecule has 2 N–H and O–H groups in total. The predicted molar refractivity (Wildman–Crippen MR) is 112 cm³/mol. The van der Waals surface area contributed by atoms with E-state index < -0.39 is 27.9 Å². The molecule has 0 radical (unpaired) electrons. The van der Waals surface area contributed by atoms with Gasteiger partial charge in [-0.1, -0.05) is 13.0 Å². The van der Waals surface area contributed by atoms with Crippen molar-refractivity contribution in [1.82, 2.24) is 4.31 Å². The maximum atomic E-state index is 13.4. The number of halogens is 2. The fourth-order valence-corrected chi connectivity index (χ4v) is 5.27. The van der Waals surface area contributed by atoms with Gasteiger partial charge in [0.1, 0.15) is 5.82 Å². The van der Waals surface area contributed by atoms with E-state index in [0.29, 0.717) is 18.5 Å². The maximum absolute atomic E-state index is 13.4. The van der Waals surface area contributed by atoms with Crippen LogP contribution in [-0.2, 0) is 10.0 Å². The van der Waals surface area contributed by atoms with E-state index in [1.807, 2.05) is 6.92 Å². The van der Waals surface area contributed by atoms with E-state index in [-0.39, 0.29) is 33.9 Å². The standard InChI is InChI=1S/C20H22BrFN2O4S/c1-2-13-12-24(9-8-19(13)25)29(27,28)16-5-3-4-14(10-16)20(26)23-15-6-7-18(22)17(21)11-15/h3-7,10-11,13,19,25H,2,8-9,12H2,1H3,(H,23,26). The van der Waals surface area contributed by atoms with E-state index in [1.54, 1.807) is 0 Å². The number of benzene rings is 2. The number of rotatable bonds is 5. The summed E-state index contributed by atoms with van der Waals surface area (Å²) >= 11 is 3.06. The van der Waals surface area contributed by atoms with E-state index in [4.69, 9.17) is 0 Å². The zero-order chi connectivity index (χ0) is 21.2. The minimum absolute atomic E-state index is 0.0247. The van der Waals surface area contributed by atoms with Gasteiger partial charge in [0.05, 0.1) is 15.5 Å².